The molecule has 7 heteroatoms. The van der Waals surface area contributed by atoms with Crippen LogP contribution >= 0.6 is 11.6 Å². The molecule has 0 amide bonds. The molecule has 2 aromatic carbocycles. The molecule has 1 atom stereocenters. The molecule has 0 saturated heterocycles. The molecule has 0 saturated carbocycles. The Balaban J connectivity index is 1.54. The van der Waals surface area contributed by atoms with E-state index < -0.39 is 6.10 Å². The molecule has 30 heavy (non-hydrogen) atoms. The number of terminal acetylenes is 1. The Kier molecular flexibility index (Phi) is 7.75. The van der Waals surface area contributed by atoms with Gasteiger partial charge in [-0.2, -0.15) is 0 Å². The summed E-state index contributed by atoms with van der Waals surface area (Å²) in [6, 6.07) is 14.2. The number of pyridine rings is 1. The third-order valence-corrected chi connectivity index (χ3v) is 4.69. The first-order chi connectivity index (χ1) is 14.6. The smallest absolute Gasteiger partial charge is 0.248 e. The summed E-state index contributed by atoms with van der Waals surface area (Å²) in [7, 11) is 0. The van der Waals surface area contributed by atoms with Gasteiger partial charge < -0.3 is 24.9 Å². The molecule has 3 rings (SSSR count). The van der Waals surface area contributed by atoms with Gasteiger partial charge in [-0.05, 0) is 48.9 Å². The van der Waals surface area contributed by atoms with E-state index in [0.717, 1.165) is 13.0 Å². The molecular weight excluding hydrogens is 404 g/mol. The molecule has 0 radical (unpaired) electrons. The number of benzene rings is 2. The normalized spacial score (nSPS) is 11.8. The number of fused-ring (bicyclic) bond motifs is 1. The summed E-state index contributed by atoms with van der Waals surface area (Å²) in [4.78, 5) is 14.4. The largest absolute Gasteiger partial charge is 0.490 e. The molecule has 1 aromatic heterocycles. The third kappa shape index (κ3) is 6.01. The molecule has 0 bridgehead atoms. The molecule has 6 nitrogen and oxygen atoms in total. The van der Waals surface area contributed by atoms with Crippen molar-refractivity contribution in [2.45, 2.75) is 12.5 Å². The lowest BCUT2D eigenvalue weighted by atomic mass is 10.1. The van der Waals surface area contributed by atoms with Gasteiger partial charge in [-0.3, -0.25) is 4.79 Å². The van der Waals surface area contributed by atoms with Crippen LogP contribution in [0.3, 0.4) is 0 Å². The zero-order valence-electron chi connectivity index (χ0n) is 16.4. The van der Waals surface area contributed by atoms with Crippen LogP contribution in [-0.4, -0.2) is 42.5 Å². The summed E-state index contributed by atoms with van der Waals surface area (Å²) in [6.07, 6.45) is 5.39. The predicted octanol–water partition coefficient (Wildman–Crippen LogP) is 2.77. The summed E-state index contributed by atoms with van der Waals surface area (Å²) < 4.78 is 11.3. The number of H-pyrrole nitrogens is 1. The van der Waals surface area contributed by atoms with Crippen molar-refractivity contribution in [3.63, 3.8) is 0 Å². The Hall–Kier alpha value is -2.98. The van der Waals surface area contributed by atoms with Gasteiger partial charge in [0.15, 0.2) is 0 Å². The van der Waals surface area contributed by atoms with Gasteiger partial charge in [0.2, 0.25) is 5.56 Å². The lowest BCUT2D eigenvalue weighted by Gasteiger charge is -2.15. The van der Waals surface area contributed by atoms with E-state index in [-0.39, 0.29) is 18.8 Å². The van der Waals surface area contributed by atoms with Gasteiger partial charge in [0.25, 0.3) is 0 Å². The maximum atomic E-state index is 11.7. The number of aliphatic hydroxyl groups excluding tert-OH is 1. The first-order valence-corrected chi connectivity index (χ1v) is 9.93. The van der Waals surface area contributed by atoms with Crippen molar-refractivity contribution in [3.8, 4) is 23.8 Å². The number of aliphatic hydroxyl groups is 1. The maximum absolute atomic E-state index is 11.7. The second-order valence-electron chi connectivity index (χ2n) is 6.71. The average molecular weight is 427 g/mol. The quantitative estimate of drug-likeness (QED) is 0.343. The van der Waals surface area contributed by atoms with Crippen LogP contribution in [0, 0.1) is 12.3 Å². The van der Waals surface area contributed by atoms with Crippen LogP contribution in [0.5, 0.6) is 11.5 Å². The SMILES string of the molecule is C#CCOc1ccc(OCC(O)CNCCc2ccc(Cl)cc2)c2ccc(=O)[nH]c12. The first kappa shape index (κ1) is 21.7. The minimum Gasteiger partial charge on any atom is -0.490 e. The molecule has 0 aliphatic heterocycles. The lowest BCUT2D eigenvalue weighted by molar-refractivity contribution is 0.107. The number of rotatable bonds is 10. The van der Waals surface area contributed by atoms with Gasteiger partial charge in [0, 0.05) is 23.0 Å². The minimum absolute atomic E-state index is 0.0899. The Morgan fingerprint density at radius 3 is 2.63 bits per heavy atom. The molecule has 156 valence electrons. The van der Waals surface area contributed by atoms with Gasteiger partial charge in [0.05, 0.1) is 5.52 Å². The number of aromatic amines is 1. The summed E-state index contributed by atoms with van der Waals surface area (Å²) in [5.41, 5.74) is 1.42. The molecule has 0 fully saturated rings. The van der Waals surface area contributed by atoms with Crippen molar-refractivity contribution < 1.29 is 14.6 Å². The number of aromatic nitrogens is 1. The van der Waals surface area contributed by atoms with Crippen molar-refractivity contribution >= 4 is 22.5 Å². The molecule has 3 aromatic rings. The van der Waals surface area contributed by atoms with Crippen LogP contribution in [0.1, 0.15) is 5.56 Å². The lowest BCUT2D eigenvalue weighted by Crippen LogP contribution is -2.32. The molecule has 3 N–H and O–H groups in total. The average Bonchev–Trinajstić information content (AvgIpc) is 2.75. The molecule has 0 spiro atoms. The molecule has 0 aliphatic carbocycles. The van der Waals surface area contributed by atoms with Crippen molar-refractivity contribution in [2.75, 3.05) is 26.3 Å². The topological polar surface area (TPSA) is 83.6 Å². The highest BCUT2D eigenvalue weighted by atomic mass is 35.5. The first-order valence-electron chi connectivity index (χ1n) is 9.55. The Bertz CT molecular complexity index is 1070. The monoisotopic (exact) mass is 426 g/mol. The fourth-order valence-electron chi connectivity index (χ4n) is 2.96. The molecule has 0 aliphatic rings. The van der Waals surface area contributed by atoms with Gasteiger partial charge >= 0.3 is 0 Å². The van der Waals surface area contributed by atoms with E-state index in [9.17, 15) is 9.90 Å². The summed E-state index contributed by atoms with van der Waals surface area (Å²) >= 11 is 5.88. The molecule has 1 unspecified atom stereocenters. The highest BCUT2D eigenvalue weighted by Gasteiger charge is 2.11. The van der Waals surface area contributed by atoms with Crippen LogP contribution in [0.4, 0.5) is 0 Å². The van der Waals surface area contributed by atoms with Crippen LogP contribution in [0.2, 0.25) is 5.02 Å². The van der Waals surface area contributed by atoms with E-state index in [1.165, 1.54) is 11.6 Å². The van der Waals surface area contributed by atoms with Gasteiger partial charge in [0.1, 0.15) is 30.8 Å². The standard InChI is InChI=1S/C23H23ClN2O4/c1-2-13-29-21-9-8-20(19-7-10-22(28)26-23(19)21)30-15-18(27)14-25-12-11-16-3-5-17(24)6-4-16/h1,3-10,18,25,27H,11-15H2,(H,26,28). The highest BCUT2D eigenvalue weighted by Crippen LogP contribution is 2.31. The van der Waals surface area contributed by atoms with E-state index in [1.807, 2.05) is 24.3 Å². The van der Waals surface area contributed by atoms with Gasteiger partial charge in [-0.15, -0.1) is 6.42 Å². The van der Waals surface area contributed by atoms with E-state index in [1.54, 1.807) is 18.2 Å². The van der Waals surface area contributed by atoms with Crippen molar-refractivity contribution in [2.24, 2.45) is 0 Å². The van der Waals surface area contributed by atoms with E-state index in [4.69, 9.17) is 27.5 Å². The van der Waals surface area contributed by atoms with Crippen LogP contribution in [0.15, 0.2) is 53.3 Å². The fraction of sp³-hybridized carbons (Fsp3) is 0.261. The van der Waals surface area contributed by atoms with Crippen molar-refractivity contribution in [3.05, 3.63) is 69.5 Å². The Labute approximate surface area is 179 Å². The molecular formula is C23H23ClN2O4. The number of hydrogen-bond acceptors (Lipinski definition) is 5. The minimum atomic E-state index is -0.689. The van der Waals surface area contributed by atoms with Crippen LogP contribution in [0.25, 0.3) is 10.9 Å². The highest BCUT2D eigenvalue weighted by molar-refractivity contribution is 6.30. The molecule has 1 heterocycles. The van der Waals surface area contributed by atoms with E-state index in [2.05, 4.69) is 16.2 Å². The number of hydrogen-bond donors (Lipinski definition) is 3. The van der Waals surface area contributed by atoms with Crippen molar-refractivity contribution in [1.29, 1.82) is 0 Å². The third-order valence-electron chi connectivity index (χ3n) is 4.44. The maximum Gasteiger partial charge on any atom is 0.248 e. The predicted molar refractivity (Wildman–Crippen MR) is 118 cm³/mol. The van der Waals surface area contributed by atoms with E-state index in [0.29, 0.717) is 34.0 Å². The number of ether oxygens (including phenoxy) is 2. The van der Waals surface area contributed by atoms with Crippen LogP contribution < -0.4 is 20.3 Å². The second kappa shape index (κ2) is 10.7. The second-order valence-corrected chi connectivity index (χ2v) is 7.15. The summed E-state index contributed by atoms with van der Waals surface area (Å²) in [5.74, 6) is 3.40. The van der Waals surface area contributed by atoms with E-state index >= 15 is 0 Å². The van der Waals surface area contributed by atoms with Gasteiger partial charge in [-0.25, -0.2) is 0 Å². The number of halogens is 1. The van der Waals surface area contributed by atoms with Crippen LogP contribution in [-0.2, 0) is 6.42 Å². The zero-order chi connectivity index (χ0) is 21.3. The summed E-state index contributed by atoms with van der Waals surface area (Å²) in [5, 5.41) is 14.8. The Morgan fingerprint density at radius 1 is 1.10 bits per heavy atom. The summed E-state index contributed by atoms with van der Waals surface area (Å²) in [6.45, 7) is 1.31. The zero-order valence-corrected chi connectivity index (χ0v) is 17.1. The Morgan fingerprint density at radius 2 is 1.87 bits per heavy atom. The van der Waals surface area contributed by atoms with Crippen molar-refractivity contribution in [1.82, 2.24) is 10.3 Å². The van der Waals surface area contributed by atoms with Gasteiger partial charge in [-0.1, -0.05) is 29.7 Å². The number of nitrogens with one attached hydrogen (secondary N) is 2. The fourth-order valence-corrected chi connectivity index (χ4v) is 3.09.